The first-order valence-corrected chi connectivity index (χ1v) is 11.8. The fourth-order valence-electron chi connectivity index (χ4n) is 3.32. The van der Waals surface area contributed by atoms with Crippen molar-refractivity contribution in [3.63, 3.8) is 0 Å². The lowest BCUT2D eigenvalue weighted by molar-refractivity contribution is -0.384. The predicted octanol–water partition coefficient (Wildman–Crippen LogP) is 5.83. The van der Waals surface area contributed by atoms with Crippen LogP contribution in [0.25, 0.3) is 11.0 Å². The molecule has 1 heterocycles. The quantitative estimate of drug-likeness (QED) is 0.112. The van der Waals surface area contributed by atoms with Crippen LogP contribution in [-0.2, 0) is 6.61 Å². The number of hydrogen-bond acceptors (Lipinski definition) is 7. The highest BCUT2D eigenvalue weighted by molar-refractivity contribution is 14.1. The van der Waals surface area contributed by atoms with Crippen molar-refractivity contribution in [3.05, 3.63) is 97.1 Å². The summed E-state index contributed by atoms with van der Waals surface area (Å²) >= 11 is 2.10. The van der Waals surface area contributed by atoms with E-state index in [2.05, 4.69) is 33.1 Å². The maximum absolute atomic E-state index is 13.5. The Morgan fingerprint density at radius 1 is 1.19 bits per heavy atom. The Morgan fingerprint density at radius 3 is 2.78 bits per heavy atom. The van der Waals surface area contributed by atoms with Gasteiger partial charge in [0.05, 0.1) is 21.3 Å². The molecule has 0 unspecified atom stereocenters. The van der Waals surface area contributed by atoms with Crippen LogP contribution in [0.2, 0.25) is 0 Å². The van der Waals surface area contributed by atoms with E-state index in [0.29, 0.717) is 40.2 Å². The van der Waals surface area contributed by atoms with Gasteiger partial charge in [-0.3, -0.25) is 14.9 Å². The molecule has 1 N–H and O–H groups in total. The Hall–Kier alpha value is -4.00. The third-order valence-corrected chi connectivity index (χ3v) is 5.72. The normalized spacial score (nSPS) is 11.1. The Bertz CT molecular complexity index is 1470. The molecule has 3 aromatic carbocycles. The lowest BCUT2D eigenvalue weighted by atomic mass is 10.2. The SMILES string of the molecule is CCOc1cc(/C=N\NC(=O)c2cc3cc([N+](=O)[O-])ccc3o2)cc(I)c1OCc1cccc(F)c1. The largest absolute Gasteiger partial charge is 0.490 e. The van der Waals surface area contributed by atoms with E-state index in [1.807, 2.05) is 6.92 Å². The average molecular weight is 603 g/mol. The molecule has 0 bridgehead atoms. The zero-order valence-electron chi connectivity index (χ0n) is 18.9. The molecule has 184 valence electrons. The molecule has 0 aliphatic heterocycles. The highest BCUT2D eigenvalue weighted by atomic mass is 127. The van der Waals surface area contributed by atoms with Crippen molar-refractivity contribution in [2.24, 2.45) is 5.10 Å². The average Bonchev–Trinajstić information content (AvgIpc) is 3.27. The zero-order valence-corrected chi connectivity index (χ0v) is 21.0. The summed E-state index contributed by atoms with van der Waals surface area (Å²) in [5.74, 6) is 0.00771. The van der Waals surface area contributed by atoms with E-state index in [1.54, 1.807) is 24.3 Å². The number of ether oxygens (including phenoxy) is 2. The minimum atomic E-state index is -0.611. The number of amides is 1. The van der Waals surface area contributed by atoms with Crippen molar-refractivity contribution in [2.45, 2.75) is 13.5 Å². The lowest BCUT2D eigenvalue weighted by Crippen LogP contribution is -2.16. The number of rotatable bonds is 9. The molecule has 0 radical (unpaired) electrons. The van der Waals surface area contributed by atoms with E-state index in [1.165, 1.54) is 42.6 Å². The monoisotopic (exact) mass is 603 g/mol. The Labute approximate surface area is 218 Å². The summed E-state index contributed by atoms with van der Waals surface area (Å²) < 4.78 is 31.3. The van der Waals surface area contributed by atoms with Crippen molar-refractivity contribution < 1.29 is 28.0 Å². The zero-order chi connectivity index (χ0) is 25.7. The standard InChI is InChI=1S/C25H19FIN3O6/c1-2-34-22-10-16(9-20(27)24(22)35-14-15-4-3-5-18(26)8-15)13-28-29-25(31)23-12-17-11-19(30(32)33)6-7-21(17)36-23/h3-13H,2,14H2,1H3,(H,29,31)/b28-13-. The van der Waals surface area contributed by atoms with Crippen LogP contribution in [0.5, 0.6) is 11.5 Å². The molecule has 36 heavy (non-hydrogen) atoms. The number of nitrogens with one attached hydrogen (secondary N) is 1. The molecule has 0 aliphatic carbocycles. The first-order chi connectivity index (χ1) is 17.3. The van der Waals surface area contributed by atoms with Gasteiger partial charge in [-0.05, 0) is 77.0 Å². The van der Waals surface area contributed by atoms with E-state index < -0.39 is 10.8 Å². The fourth-order valence-corrected chi connectivity index (χ4v) is 4.11. The first-order valence-electron chi connectivity index (χ1n) is 10.7. The van der Waals surface area contributed by atoms with Gasteiger partial charge >= 0.3 is 5.91 Å². The van der Waals surface area contributed by atoms with Crippen molar-refractivity contribution >= 4 is 51.4 Å². The molecule has 4 rings (SSSR count). The van der Waals surface area contributed by atoms with Gasteiger partial charge in [0.1, 0.15) is 18.0 Å². The van der Waals surface area contributed by atoms with Crippen LogP contribution in [0.3, 0.4) is 0 Å². The molecule has 0 saturated heterocycles. The summed E-state index contributed by atoms with van der Waals surface area (Å²) in [6.07, 6.45) is 1.44. The Kier molecular flexibility index (Phi) is 7.78. The number of nitrogens with zero attached hydrogens (tertiary/aromatic N) is 2. The Balaban J connectivity index is 1.46. The van der Waals surface area contributed by atoms with Gasteiger partial charge in [0, 0.05) is 17.5 Å². The number of halogens is 2. The second-order valence-corrected chi connectivity index (χ2v) is 8.63. The number of furan rings is 1. The van der Waals surface area contributed by atoms with Crippen LogP contribution in [0.1, 0.15) is 28.6 Å². The summed E-state index contributed by atoms with van der Waals surface area (Å²) in [6, 6.07) is 15.1. The summed E-state index contributed by atoms with van der Waals surface area (Å²) in [5, 5.41) is 15.3. The van der Waals surface area contributed by atoms with E-state index in [9.17, 15) is 19.3 Å². The molecule has 0 atom stereocenters. The molecule has 1 amide bonds. The predicted molar refractivity (Wildman–Crippen MR) is 139 cm³/mol. The van der Waals surface area contributed by atoms with E-state index >= 15 is 0 Å². The third-order valence-electron chi connectivity index (χ3n) is 4.92. The molecule has 0 aliphatic rings. The van der Waals surface area contributed by atoms with Crippen LogP contribution < -0.4 is 14.9 Å². The molecule has 9 nitrogen and oxygen atoms in total. The molecule has 0 spiro atoms. The Morgan fingerprint density at radius 2 is 2.03 bits per heavy atom. The molecular weight excluding hydrogens is 584 g/mol. The van der Waals surface area contributed by atoms with Gasteiger partial charge in [-0.1, -0.05) is 12.1 Å². The van der Waals surface area contributed by atoms with E-state index in [4.69, 9.17) is 13.9 Å². The number of nitro groups is 1. The van der Waals surface area contributed by atoms with Gasteiger partial charge in [-0.15, -0.1) is 0 Å². The fraction of sp³-hybridized carbons (Fsp3) is 0.120. The van der Waals surface area contributed by atoms with E-state index in [0.717, 1.165) is 3.57 Å². The number of benzene rings is 3. The van der Waals surface area contributed by atoms with Crippen molar-refractivity contribution in [3.8, 4) is 11.5 Å². The van der Waals surface area contributed by atoms with Crippen LogP contribution >= 0.6 is 22.6 Å². The second kappa shape index (κ2) is 11.2. The van der Waals surface area contributed by atoms with Crippen LogP contribution in [0, 0.1) is 19.5 Å². The van der Waals surface area contributed by atoms with Gasteiger partial charge < -0.3 is 13.9 Å². The number of fused-ring (bicyclic) bond motifs is 1. The lowest BCUT2D eigenvalue weighted by Gasteiger charge is -2.14. The number of hydrazone groups is 1. The van der Waals surface area contributed by atoms with Crippen LogP contribution in [-0.4, -0.2) is 23.7 Å². The molecule has 4 aromatic rings. The van der Waals surface area contributed by atoms with Crippen LogP contribution in [0.4, 0.5) is 10.1 Å². The topological polar surface area (TPSA) is 116 Å². The summed E-state index contributed by atoms with van der Waals surface area (Å²) in [7, 11) is 0. The number of nitro benzene ring substituents is 1. The number of carbonyl (C=O) groups is 1. The smallest absolute Gasteiger partial charge is 0.307 e. The van der Waals surface area contributed by atoms with Crippen molar-refractivity contribution in [1.29, 1.82) is 0 Å². The number of non-ortho nitro benzene ring substituents is 1. The minimum absolute atomic E-state index is 0.0340. The third kappa shape index (κ3) is 5.97. The summed E-state index contributed by atoms with van der Waals surface area (Å²) in [4.78, 5) is 22.8. The molecule has 11 heteroatoms. The second-order valence-electron chi connectivity index (χ2n) is 7.47. The summed E-state index contributed by atoms with van der Waals surface area (Å²) in [5.41, 5.74) is 3.94. The van der Waals surface area contributed by atoms with Gasteiger partial charge in [-0.25, -0.2) is 9.82 Å². The van der Waals surface area contributed by atoms with Crippen molar-refractivity contribution in [1.82, 2.24) is 5.43 Å². The molecule has 1 aromatic heterocycles. The van der Waals surface area contributed by atoms with Gasteiger partial charge in [0.15, 0.2) is 17.3 Å². The van der Waals surface area contributed by atoms with Crippen LogP contribution in [0.15, 0.2) is 70.2 Å². The number of carbonyl (C=O) groups excluding carboxylic acids is 1. The number of hydrogen-bond donors (Lipinski definition) is 1. The molecule has 0 fully saturated rings. The van der Waals surface area contributed by atoms with Gasteiger partial charge in [0.2, 0.25) is 0 Å². The minimum Gasteiger partial charge on any atom is -0.490 e. The van der Waals surface area contributed by atoms with E-state index in [-0.39, 0.29) is 23.9 Å². The molecule has 0 saturated carbocycles. The maximum atomic E-state index is 13.5. The van der Waals surface area contributed by atoms with Gasteiger partial charge in [-0.2, -0.15) is 5.10 Å². The summed E-state index contributed by atoms with van der Waals surface area (Å²) in [6.45, 7) is 2.40. The molecular formula is C25H19FIN3O6. The van der Waals surface area contributed by atoms with Gasteiger partial charge in [0.25, 0.3) is 5.69 Å². The highest BCUT2D eigenvalue weighted by Gasteiger charge is 2.15. The first kappa shape index (κ1) is 25.1. The van der Waals surface area contributed by atoms with Crippen molar-refractivity contribution in [2.75, 3.05) is 6.61 Å². The highest BCUT2D eigenvalue weighted by Crippen LogP contribution is 2.34. The maximum Gasteiger partial charge on any atom is 0.307 e.